The molecule has 0 radical (unpaired) electrons. The SMILES string of the molecule is CCC(CC(C)C)CC1CC1. The summed E-state index contributed by atoms with van der Waals surface area (Å²) in [5, 5.41) is 0. The molecule has 66 valence electrons. The standard InChI is InChI=1S/C11H22/c1-4-10(7-9(2)3)8-11-5-6-11/h9-11H,4-8H2,1-3H3. The first kappa shape index (κ1) is 9.09. The predicted octanol–water partition coefficient (Wildman–Crippen LogP) is 3.86. The maximum Gasteiger partial charge on any atom is -0.0411 e. The van der Waals surface area contributed by atoms with Gasteiger partial charge < -0.3 is 0 Å². The smallest absolute Gasteiger partial charge is 0.0411 e. The van der Waals surface area contributed by atoms with E-state index >= 15 is 0 Å². The van der Waals surface area contributed by atoms with Crippen molar-refractivity contribution >= 4 is 0 Å². The van der Waals surface area contributed by atoms with Crippen molar-refractivity contribution in [3.05, 3.63) is 0 Å². The maximum atomic E-state index is 2.34. The van der Waals surface area contributed by atoms with Gasteiger partial charge in [-0.05, 0) is 30.6 Å². The van der Waals surface area contributed by atoms with Gasteiger partial charge in [-0.2, -0.15) is 0 Å². The molecule has 0 N–H and O–H groups in total. The van der Waals surface area contributed by atoms with Crippen molar-refractivity contribution in [1.29, 1.82) is 0 Å². The monoisotopic (exact) mass is 154 g/mol. The van der Waals surface area contributed by atoms with Crippen molar-refractivity contribution < 1.29 is 0 Å². The summed E-state index contributed by atoms with van der Waals surface area (Å²) in [7, 11) is 0. The van der Waals surface area contributed by atoms with Gasteiger partial charge in [0.25, 0.3) is 0 Å². The molecule has 1 fully saturated rings. The topological polar surface area (TPSA) is 0 Å². The van der Waals surface area contributed by atoms with Crippen molar-refractivity contribution in [3.63, 3.8) is 0 Å². The lowest BCUT2D eigenvalue weighted by Crippen LogP contribution is -2.04. The Bertz CT molecular complexity index is 96.6. The van der Waals surface area contributed by atoms with E-state index in [2.05, 4.69) is 20.8 Å². The fourth-order valence-electron chi connectivity index (χ4n) is 1.92. The summed E-state index contributed by atoms with van der Waals surface area (Å²) >= 11 is 0. The van der Waals surface area contributed by atoms with E-state index in [1.165, 1.54) is 32.1 Å². The van der Waals surface area contributed by atoms with Gasteiger partial charge >= 0.3 is 0 Å². The fraction of sp³-hybridized carbons (Fsp3) is 1.00. The Morgan fingerprint density at radius 3 is 2.27 bits per heavy atom. The molecular formula is C11H22. The highest BCUT2D eigenvalue weighted by molar-refractivity contribution is 4.76. The average Bonchev–Trinajstić information content (AvgIpc) is 2.69. The molecule has 1 aliphatic rings. The summed E-state index contributed by atoms with van der Waals surface area (Å²) in [6.45, 7) is 7.03. The van der Waals surface area contributed by atoms with Crippen LogP contribution in [0.5, 0.6) is 0 Å². The molecule has 0 spiro atoms. The fourth-order valence-corrected chi connectivity index (χ4v) is 1.92. The van der Waals surface area contributed by atoms with Crippen LogP contribution in [-0.4, -0.2) is 0 Å². The van der Waals surface area contributed by atoms with E-state index in [4.69, 9.17) is 0 Å². The Labute approximate surface area is 71.4 Å². The highest BCUT2D eigenvalue weighted by atomic mass is 14.3. The van der Waals surface area contributed by atoms with Crippen LogP contribution in [-0.2, 0) is 0 Å². The first-order valence-corrected chi connectivity index (χ1v) is 5.22. The number of hydrogen-bond donors (Lipinski definition) is 0. The summed E-state index contributed by atoms with van der Waals surface area (Å²) in [6.07, 6.45) is 7.42. The first-order chi connectivity index (χ1) is 5.22. The van der Waals surface area contributed by atoms with Crippen LogP contribution in [0.2, 0.25) is 0 Å². The van der Waals surface area contributed by atoms with Crippen LogP contribution in [0.3, 0.4) is 0 Å². The summed E-state index contributed by atoms with van der Waals surface area (Å²) in [5.41, 5.74) is 0. The van der Waals surface area contributed by atoms with E-state index in [1.54, 1.807) is 0 Å². The van der Waals surface area contributed by atoms with Crippen LogP contribution in [0.15, 0.2) is 0 Å². The van der Waals surface area contributed by atoms with Crippen LogP contribution in [0, 0.1) is 17.8 Å². The minimum atomic E-state index is 0.902. The molecule has 1 saturated carbocycles. The van der Waals surface area contributed by atoms with Crippen LogP contribution in [0.1, 0.15) is 52.9 Å². The molecule has 0 heteroatoms. The van der Waals surface area contributed by atoms with Crippen molar-refractivity contribution in [2.45, 2.75) is 52.9 Å². The lowest BCUT2D eigenvalue weighted by Gasteiger charge is -2.16. The Morgan fingerprint density at radius 1 is 1.27 bits per heavy atom. The van der Waals surface area contributed by atoms with E-state index in [0.29, 0.717) is 0 Å². The van der Waals surface area contributed by atoms with Gasteiger partial charge in [0.1, 0.15) is 0 Å². The molecule has 1 aliphatic carbocycles. The molecule has 0 heterocycles. The molecule has 0 aromatic rings. The van der Waals surface area contributed by atoms with Crippen molar-refractivity contribution in [1.82, 2.24) is 0 Å². The molecule has 0 aromatic heterocycles. The van der Waals surface area contributed by atoms with Crippen LogP contribution >= 0.6 is 0 Å². The molecule has 1 atom stereocenters. The van der Waals surface area contributed by atoms with Gasteiger partial charge in [0, 0.05) is 0 Å². The number of rotatable bonds is 5. The average molecular weight is 154 g/mol. The molecule has 1 rings (SSSR count). The van der Waals surface area contributed by atoms with Crippen LogP contribution in [0.25, 0.3) is 0 Å². The second-order valence-electron chi connectivity index (χ2n) is 4.58. The Kier molecular flexibility index (Phi) is 3.42. The quantitative estimate of drug-likeness (QED) is 0.564. The molecule has 0 bridgehead atoms. The van der Waals surface area contributed by atoms with E-state index < -0.39 is 0 Å². The van der Waals surface area contributed by atoms with Crippen molar-refractivity contribution in [2.75, 3.05) is 0 Å². The Hall–Kier alpha value is 0. The van der Waals surface area contributed by atoms with E-state index in [9.17, 15) is 0 Å². The van der Waals surface area contributed by atoms with Crippen molar-refractivity contribution in [3.8, 4) is 0 Å². The van der Waals surface area contributed by atoms with Gasteiger partial charge in [0.2, 0.25) is 0 Å². The third-order valence-electron chi connectivity index (χ3n) is 2.75. The summed E-state index contributed by atoms with van der Waals surface area (Å²) < 4.78 is 0. The first-order valence-electron chi connectivity index (χ1n) is 5.22. The van der Waals surface area contributed by atoms with Gasteiger partial charge in [-0.1, -0.05) is 40.0 Å². The van der Waals surface area contributed by atoms with E-state index in [0.717, 1.165) is 17.8 Å². The molecule has 1 unspecified atom stereocenters. The minimum Gasteiger partial charge on any atom is -0.0651 e. The van der Waals surface area contributed by atoms with Gasteiger partial charge in [-0.25, -0.2) is 0 Å². The summed E-state index contributed by atoms with van der Waals surface area (Å²) in [6, 6.07) is 0. The van der Waals surface area contributed by atoms with E-state index in [1.807, 2.05) is 0 Å². The van der Waals surface area contributed by atoms with Gasteiger partial charge in [-0.3, -0.25) is 0 Å². The van der Waals surface area contributed by atoms with E-state index in [-0.39, 0.29) is 0 Å². The maximum absolute atomic E-state index is 2.34. The Morgan fingerprint density at radius 2 is 1.91 bits per heavy atom. The molecule has 0 amide bonds. The molecule has 0 saturated heterocycles. The summed E-state index contributed by atoms with van der Waals surface area (Å²) in [5.74, 6) is 3.06. The lowest BCUT2D eigenvalue weighted by atomic mass is 9.90. The van der Waals surface area contributed by atoms with Gasteiger partial charge in [0.05, 0.1) is 0 Å². The van der Waals surface area contributed by atoms with Gasteiger partial charge in [0.15, 0.2) is 0 Å². The Balaban J connectivity index is 2.12. The van der Waals surface area contributed by atoms with Crippen molar-refractivity contribution in [2.24, 2.45) is 17.8 Å². The zero-order valence-corrected chi connectivity index (χ0v) is 8.27. The molecule has 11 heavy (non-hydrogen) atoms. The largest absolute Gasteiger partial charge is 0.0651 e. The van der Waals surface area contributed by atoms with Crippen LogP contribution < -0.4 is 0 Å². The minimum absolute atomic E-state index is 0.902. The second kappa shape index (κ2) is 4.13. The third-order valence-corrected chi connectivity index (χ3v) is 2.75. The van der Waals surface area contributed by atoms with Crippen LogP contribution in [0.4, 0.5) is 0 Å². The van der Waals surface area contributed by atoms with Gasteiger partial charge in [-0.15, -0.1) is 0 Å². The molecule has 0 aromatic carbocycles. The highest BCUT2D eigenvalue weighted by Gasteiger charge is 2.24. The zero-order valence-electron chi connectivity index (χ0n) is 8.27. The molecular weight excluding hydrogens is 132 g/mol. The normalized spacial score (nSPS) is 20.7. The zero-order chi connectivity index (χ0) is 8.27. The lowest BCUT2D eigenvalue weighted by molar-refractivity contribution is 0.360. The second-order valence-corrected chi connectivity index (χ2v) is 4.58. The molecule has 0 aliphatic heterocycles. The predicted molar refractivity (Wildman–Crippen MR) is 50.6 cm³/mol. The third kappa shape index (κ3) is 3.79. The number of hydrogen-bond acceptors (Lipinski definition) is 0. The summed E-state index contributed by atoms with van der Waals surface area (Å²) in [4.78, 5) is 0. The molecule has 0 nitrogen and oxygen atoms in total. The highest BCUT2D eigenvalue weighted by Crippen LogP contribution is 2.37.